The summed E-state index contributed by atoms with van der Waals surface area (Å²) in [5.74, 6) is 0. The zero-order valence-corrected chi connectivity index (χ0v) is 9.42. The van der Waals surface area contributed by atoms with Crippen LogP contribution in [-0.2, 0) is 5.54 Å². The van der Waals surface area contributed by atoms with Crippen LogP contribution in [0.4, 0.5) is 0 Å². The lowest BCUT2D eigenvalue weighted by Crippen LogP contribution is -2.35. The van der Waals surface area contributed by atoms with E-state index in [-0.39, 0.29) is 5.54 Å². The Balaban J connectivity index is 2.08. The Hall–Kier alpha value is -1.01. The van der Waals surface area contributed by atoms with E-state index < -0.39 is 0 Å². The summed E-state index contributed by atoms with van der Waals surface area (Å²) in [6, 6.07) is 0. The van der Waals surface area contributed by atoms with Gasteiger partial charge in [-0.3, -0.25) is 0 Å². The fourth-order valence-electron chi connectivity index (χ4n) is 2.19. The normalized spacial score (nSPS) is 26.5. The van der Waals surface area contributed by atoms with Crippen LogP contribution in [0.1, 0.15) is 31.2 Å². The van der Waals surface area contributed by atoms with Gasteiger partial charge in [0.05, 0.1) is 5.54 Å². The second-order valence-electron chi connectivity index (χ2n) is 3.93. The van der Waals surface area contributed by atoms with Gasteiger partial charge in [-0.15, -0.1) is 10.2 Å². The topological polar surface area (TPSA) is 55.1 Å². The van der Waals surface area contributed by atoms with Crippen LogP contribution in [-0.4, -0.2) is 26.4 Å². The molecule has 0 saturated carbocycles. The highest BCUT2D eigenvalue weighted by Gasteiger charge is 2.36. The highest BCUT2D eigenvalue weighted by Crippen LogP contribution is 2.35. The second-order valence-corrected chi connectivity index (χ2v) is 4.89. The molecule has 0 radical (unpaired) electrons. The molecule has 6 heteroatoms. The third-order valence-electron chi connectivity index (χ3n) is 3.14. The highest BCUT2D eigenvalue weighted by molar-refractivity contribution is 7.16. The predicted octanol–water partition coefficient (Wildman–Crippen LogP) is 1.17. The Kier molecular flexibility index (Phi) is 2.00. The molecule has 0 aromatic carbocycles. The Morgan fingerprint density at radius 1 is 1.67 bits per heavy atom. The Morgan fingerprint density at radius 3 is 3.27 bits per heavy atom. The van der Waals surface area contributed by atoms with E-state index >= 15 is 0 Å². The molecule has 15 heavy (non-hydrogen) atoms. The lowest BCUT2D eigenvalue weighted by Gasteiger charge is -2.24. The van der Waals surface area contributed by atoms with Crippen molar-refractivity contribution in [3.63, 3.8) is 0 Å². The molecule has 1 aliphatic rings. The number of fused-ring (bicyclic) bond motifs is 1. The van der Waals surface area contributed by atoms with Crippen LogP contribution < -0.4 is 5.32 Å². The molecule has 1 atom stereocenters. The van der Waals surface area contributed by atoms with E-state index in [1.807, 2.05) is 0 Å². The molecule has 1 saturated heterocycles. The van der Waals surface area contributed by atoms with Crippen LogP contribution in [0.2, 0.25) is 0 Å². The van der Waals surface area contributed by atoms with E-state index in [1.54, 1.807) is 22.2 Å². The molecule has 0 amide bonds. The zero-order valence-electron chi connectivity index (χ0n) is 8.60. The summed E-state index contributed by atoms with van der Waals surface area (Å²) in [4.78, 5) is 0.881. The summed E-state index contributed by atoms with van der Waals surface area (Å²) in [6.07, 6.45) is 5.15. The van der Waals surface area contributed by atoms with Crippen molar-refractivity contribution >= 4 is 16.3 Å². The number of nitrogens with zero attached hydrogens (tertiary/aromatic N) is 4. The monoisotopic (exact) mass is 223 g/mol. The van der Waals surface area contributed by atoms with Crippen LogP contribution in [0, 0.1) is 0 Å². The molecule has 2 aromatic rings. The average molecular weight is 223 g/mol. The van der Waals surface area contributed by atoms with Crippen molar-refractivity contribution in [3.05, 3.63) is 11.3 Å². The molecule has 1 aliphatic heterocycles. The maximum absolute atomic E-state index is 4.55. The van der Waals surface area contributed by atoms with Gasteiger partial charge in [-0.05, 0) is 25.8 Å². The van der Waals surface area contributed by atoms with Gasteiger partial charge in [0.15, 0.2) is 0 Å². The summed E-state index contributed by atoms with van der Waals surface area (Å²) >= 11 is 1.64. The van der Waals surface area contributed by atoms with Crippen molar-refractivity contribution in [3.8, 4) is 0 Å². The fourth-order valence-corrected chi connectivity index (χ4v) is 3.28. The number of nitrogens with one attached hydrogen (secondary N) is 1. The number of hydrogen-bond donors (Lipinski definition) is 1. The Morgan fingerprint density at radius 2 is 2.60 bits per heavy atom. The molecular weight excluding hydrogens is 210 g/mol. The number of aromatic nitrogens is 4. The quantitative estimate of drug-likeness (QED) is 0.830. The lowest BCUT2D eigenvalue weighted by molar-refractivity contribution is 0.370. The Bertz CT molecular complexity index is 439. The SMILES string of the molecule is CCC1(c2nn3cnnc3s2)CCCN1. The van der Waals surface area contributed by atoms with Gasteiger partial charge < -0.3 is 5.32 Å². The fraction of sp³-hybridized carbons (Fsp3) is 0.667. The van der Waals surface area contributed by atoms with Crippen molar-refractivity contribution in [2.75, 3.05) is 6.54 Å². The van der Waals surface area contributed by atoms with E-state index in [4.69, 9.17) is 0 Å². The molecule has 1 unspecified atom stereocenters. The second kappa shape index (κ2) is 3.24. The van der Waals surface area contributed by atoms with Gasteiger partial charge >= 0.3 is 0 Å². The van der Waals surface area contributed by atoms with Crippen LogP contribution in [0.15, 0.2) is 6.33 Å². The smallest absolute Gasteiger partial charge is 0.234 e. The first-order valence-electron chi connectivity index (χ1n) is 5.26. The van der Waals surface area contributed by atoms with Crippen LogP contribution >= 0.6 is 11.3 Å². The first-order chi connectivity index (χ1) is 7.34. The molecule has 0 bridgehead atoms. The minimum Gasteiger partial charge on any atom is -0.305 e. The van der Waals surface area contributed by atoms with Crippen molar-refractivity contribution in [1.82, 2.24) is 25.1 Å². The van der Waals surface area contributed by atoms with E-state index in [2.05, 4.69) is 27.5 Å². The van der Waals surface area contributed by atoms with E-state index in [0.717, 1.165) is 22.9 Å². The van der Waals surface area contributed by atoms with Gasteiger partial charge in [-0.2, -0.15) is 9.61 Å². The van der Waals surface area contributed by atoms with Gasteiger partial charge in [0.25, 0.3) is 0 Å². The van der Waals surface area contributed by atoms with E-state index in [9.17, 15) is 0 Å². The van der Waals surface area contributed by atoms with Crippen LogP contribution in [0.5, 0.6) is 0 Å². The third-order valence-corrected chi connectivity index (χ3v) is 4.26. The summed E-state index contributed by atoms with van der Waals surface area (Å²) in [5.41, 5.74) is 0.0887. The van der Waals surface area contributed by atoms with E-state index in [1.165, 1.54) is 12.8 Å². The zero-order chi connectivity index (χ0) is 10.3. The summed E-state index contributed by atoms with van der Waals surface area (Å²) in [7, 11) is 0. The van der Waals surface area contributed by atoms with Crippen LogP contribution in [0.3, 0.4) is 0 Å². The predicted molar refractivity (Wildman–Crippen MR) is 57.9 cm³/mol. The molecule has 1 N–H and O–H groups in total. The number of rotatable bonds is 2. The van der Waals surface area contributed by atoms with Gasteiger partial charge in [0.2, 0.25) is 4.96 Å². The molecular formula is C9H13N5S. The molecule has 1 fully saturated rings. The van der Waals surface area contributed by atoms with Gasteiger partial charge in [-0.1, -0.05) is 18.3 Å². The molecule has 3 heterocycles. The van der Waals surface area contributed by atoms with E-state index in [0.29, 0.717) is 0 Å². The highest BCUT2D eigenvalue weighted by atomic mass is 32.1. The van der Waals surface area contributed by atoms with Gasteiger partial charge in [-0.25, -0.2) is 0 Å². The minimum atomic E-state index is 0.0887. The third kappa shape index (κ3) is 1.28. The largest absolute Gasteiger partial charge is 0.305 e. The molecule has 80 valence electrons. The first kappa shape index (κ1) is 9.23. The molecule has 2 aromatic heterocycles. The minimum absolute atomic E-state index is 0.0887. The van der Waals surface area contributed by atoms with Crippen LogP contribution in [0.25, 0.3) is 4.96 Å². The summed E-state index contributed by atoms with van der Waals surface area (Å²) < 4.78 is 1.76. The lowest BCUT2D eigenvalue weighted by atomic mass is 9.95. The maximum atomic E-state index is 4.55. The van der Waals surface area contributed by atoms with Crippen molar-refractivity contribution in [2.45, 2.75) is 31.7 Å². The Labute approximate surface area is 91.5 Å². The summed E-state index contributed by atoms with van der Waals surface area (Å²) in [5, 5.41) is 17.1. The molecule has 5 nitrogen and oxygen atoms in total. The van der Waals surface area contributed by atoms with Gasteiger partial charge in [0.1, 0.15) is 11.3 Å². The molecule has 3 rings (SSSR count). The molecule has 0 spiro atoms. The first-order valence-corrected chi connectivity index (χ1v) is 6.08. The number of hydrogen-bond acceptors (Lipinski definition) is 5. The standard InChI is InChI=1S/C9H13N5S/c1-2-9(4-3-5-10-9)7-13-14-6-11-12-8(14)15-7/h6,10H,2-5H2,1H3. The van der Waals surface area contributed by atoms with Gasteiger partial charge in [0, 0.05) is 0 Å². The average Bonchev–Trinajstić information content (AvgIpc) is 2.92. The summed E-state index contributed by atoms with van der Waals surface area (Å²) in [6.45, 7) is 3.30. The van der Waals surface area contributed by atoms with Crippen molar-refractivity contribution in [1.29, 1.82) is 0 Å². The van der Waals surface area contributed by atoms with Crippen molar-refractivity contribution in [2.24, 2.45) is 0 Å². The maximum Gasteiger partial charge on any atom is 0.234 e. The molecule has 0 aliphatic carbocycles. The van der Waals surface area contributed by atoms with Crippen molar-refractivity contribution < 1.29 is 0 Å².